The van der Waals surface area contributed by atoms with Crippen LogP contribution in [0, 0.1) is 20.8 Å². The van der Waals surface area contributed by atoms with Crippen LogP contribution in [0.1, 0.15) is 16.7 Å². The molecule has 0 saturated heterocycles. The lowest BCUT2D eigenvalue weighted by Crippen LogP contribution is -2.23. The van der Waals surface area contributed by atoms with E-state index >= 15 is 0 Å². The number of nitrogens with one attached hydrogen (secondary N) is 1. The second kappa shape index (κ2) is 9.93. The van der Waals surface area contributed by atoms with Gasteiger partial charge < -0.3 is 23.9 Å². The highest BCUT2D eigenvalue weighted by Crippen LogP contribution is 2.37. The van der Waals surface area contributed by atoms with E-state index < -0.39 is 5.91 Å². The van der Waals surface area contributed by atoms with E-state index in [0.29, 0.717) is 33.7 Å². The Morgan fingerprint density at radius 1 is 0.914 bits per heavy atom. The van der Waals surface area contributed by atoms with Gasteiger partial charge in [0.15, 0.2) is 23.9 Å². The van der Waals surface area contributed by atoms with Crippen molar-refractivity contribution < 1.29 is 23.4 Å². The molecule has 4 aromatic rings. The number of hydrogen-bond donors (Lipinski definition) is 1. The minimum Gasteiger partial charge on any atom is -0.493 e. The minimum absolute atomic E-state index is 0.0448. The quantitative estimate of drug-likeness (QED) is 0.386. The molecule has 0 unspecified atom stereocenters. The van der Waals surface area contributed by atoms with E-state index in [1.807, 2.05) is 51.1 Å². The molecule has 7 heteroatoms. The third-order valence-electron chi connectivity index (χ3n) is 5.71. The maximum atomic E-state index is 13.6. The van der Waals surface area contributed by atoms with Crippen LogP contribution < -0.4 is 25.0 Å². The van der Waals surface area contributed by atoms with Crippen LogP contribution in [0.5, 0.6) is 17.2 Å². The molecule has 1 amide bonds. The zero-order chi connectivity index (χ0) is 25.1. The van der Waals surface area contributed by atoms with Gasteiger partial charge >= 0.3 is 0 Å². The van der Waals surface area contributed by atoms with E-state index in [4.69, 9.17) is 18.6 Å². The molecule has 0 aliphatic carbocycles. The summed E-state index contributed by atoms with van der Waals surface area (Å²) in [5, 5.41) is 3.23. The summed E-state index contributed by atoms with van der Waals surface area (Å²) in [5.41, 5.74) is 3.96. The van der Waals surface area contributed by atoms with Gasteiger partial charge in [-0.1, -0.05) is 24.3 Å². The van der Waals surface area contributed by atoms with Crippen molar-refractivity contribution in [3.05, 3.63) is 81.5 Å². The van der Waals surface area contributed by atoms with Gasteiger partial charge in [-0.15, -0.1) is 0 Å². The Bertz CT molecular complexity index is 1470. The molecular weight excluding hydrogens is 446 g/mol. The van der Waals surface area contributed by atoms with Gasteiger partial charge in [0, 0.05) is 11.3 Å². The van der Waals surface area contributed by atoms with Crippen molar-refractivity contribution in [1.29, 1.82) is 0 Å². The molecule has 0 aliphatic rings. The van der Waals surface area contributed by atoms with E-state index in [2.05, 4.69) is 5.32 Å². The number of rotatable bonds is 7. The third-order valence-corrected chi connectivity index (χ3v) is 5.71. The molecule has 0 spiro atoms. The molecule has 0 bridgehead atoms. The van der Waals surface area contributed by atoms with Crippen LogP contribution in [-0.2, 0) is 4.79 Å². The topological polar surface area (TPSA) is 87.0 Å². The number of ether oxygens (including phenoxy) is 3. The second-order valence-electron chi connectivity index (χ2n) is 8.27. The lowest BCUT2D eigenvalue weighted by atomic mass is 10.0. The summed E-state index contributed by atoms with van der Waals surface area (Å²) in [6.45, 7) is 5.31. The largest absolute Gasteiger partial charge is 0.493 e. The molecule has 1 N–H and O–H groups in total. The maximum absolute atomic E-state index is 13.6. The lowest BCUT2D eigenvalue weighted by molar-refractivity contribution is -0.118. The molecule has 1 aromatic heterocycles. The number of anilines is 1. The number of carbonyl (C=O) groups is 1. The van der Waals surface area contributed by atoms with Gasteiger partial charge in [-0.05, 0) is 67.8 Å². The molecule has 7 nitrogen and oxygen atoms in total. The average Bonchev–Trinajstić information content (AvgIpc) is 2.83. The summed E-state index contributed by atoms with van der Waals surface area (Å²) in [7, 11) is 3.07. The Hall–Kier alpha value is -4.26. The highest BCUT2D eigenvalue weighted by atomic mass is 16.5. The number of para-hydroxylation sites is 1. The molecule has 180 valence electrons. The zero-order valence-electron chi connectivity index (χ0n) is 20.4. The third kappa shape index (κ3) is 4.84. The summed E-state index contributed by atoms with van der Waals surface area (Å²) in [4.78, 5) is 26.2. The predicted molar refractivity (Wildman–Crippen MR) is 136 cm³/mol. The smallest absolute Gasteiger partial charge is 0.262 e. The molecule has 0 aliphatic heterocycles. The summed E-state index contributed by atoms with van der Waals surface area (Å²) in [6, 6.07) is 16.3. The summed E-state index contributed by atoms with van der Waals surface area (Å²) >= 11 is 0. The number of fused-ring (bicyclic) bond motifs is 1. The van der Waals surface area contributed by atoms with Crippen LogP contribution in [0.4, 0.5) is 5.69 Å². The molecule has 0 radical (unpaired) electrons. The van der Waals surface area contributed by atoms with Crippen molar-refractivity contribution in [2.45, 2.75) is 20.8 Å². The van der Waals surface area contributed by atoms with Crippen molar-refractivity contribution in [3.63, 3.8) is 0 Å². The Labute approximate surface area is 203 Å². The van der Waals surface area contributed by atoms with Gasteiger partial charge in [-0.2, -0.15) is 0 Å². The highest BCUT2D eigenvalue weighted by molar-refractivity contribution is 5.93. The molecule has 0 saturated carbocycles. The van der Waals surface area contributed by atoms with Gasteiger partial charge in [0.05, 0.1) is 19.6 Å². The summed E-state index contributed by atoms with van der Waals surface area (Å²) in [6.07, 6.45) is 0. The number of amides is 1. The van der Waals surface area contributed by atoms with Crippen molar-refractivity contribution in [1.82, 2.24) is 0 Å². The van der Waals surface area contributed by atoms with Gasteiger partial charge in [-0.25, -0.2) is 0 Å². The Kier molecular flexibility index (Phi) is 6.78. The van der Waals surface area contributed by atoms with E-state index in [1.54, 1.807) is 31.4 Å². The Morgan fingerprint density at radius 3 is 2.37 bits per heavy atom. The molecule has 3 aromatic carbocycles. The van der Waals surface area contributed by atoms with Crippen LogP contribution in [0.2, 0.25) is 0 Å². The van der Waals surface area contributed by atoms with Crippen molar-refractivity contribution in [2.75, 3.05) is 26.1 Å². The first-order chi connectivity index (χ1) is 16.8. The number of benzene rings is 3. The number of hydrogen-bond acceptors (Lipinski definition) is 6. The van der Waals surface area contributed by atoms with Crippen molar-refractivity contribution >= 4 is 22.6 Å². The number of aryl methyl sites for hydroxylation is 3. The normalized spacial score (nSPS) is 10.8. The number of methoxy groups -OCH3 is 2. The highest BCUT2D eigenvalue weighted by Gasteiger charge is 2.21. The van der Waals surface area contributed by atoms with Gasteiger partial charge in [0.2, 0.25) is 11.2 Å². The van der Waals surface area contributed by atoms with Gasteiger partial charge in [0.1, 0.15) is 5.58 Å². The van der Waals surface area contributed by atoms with Crippen LogP contribution >= 0.6 is 0 Å². The van der Waals surface area contributed by atoms with Crippen LogP contribution in [0.25, 0.3) is 22.3 Å². The fourth-order valence-corrected chi connectivity index (χ4v) is 4.01. The monoisotopic (exact) mass is 473 g/mol. The number of carbonyl (C=O) groups excluding carboxylic acids is 1. The van der Waals surface area contributed by atoms with E-state index in [9.17, 15) is 9.59 Å². The van der Waals surface area contributed by atoms with E-state index in [1.165, 1.54) is 7.11 Å². The Morgan fingerprint density at radius 2 is 1.66 bits per heavy atom. The molecular formula is C28H27NO6. The minimum atomic E-state index is -0.391. The SMILES string of the molecule is COc1ccc(-c2oc3cc(C)cc(C)c3c(=O)c2OCC(=O)Nc2ccccc2C)cc1OC. The fraction of sp³-hybridized carbons (Fsp3) is 0.214. The van der Waals surface area contributed by atoms with Crippen molar-refractivity contribution in [3.8, 4) is 28.6 Å². The second-order valence-corrected chi connectivity index (χ2v) is 8.27. The predicted octanol–water partition coefficient (Wildman–Crippen LogP) is 5.42. The Balaban J connectivity index is 1.79. The van der Waals surface area contributed by atoms with Crippen LogP contribution in [-0.4, -0.2) is 26.7 Å². The van der Waals surface area contributed by atoms with E-state index in [0.717, 1.165) is 16.7 Å². The van der Waals surface area contributed by atoms with Crippen molar-refractivity contribution in [2.24, 2.45) is 0 Å². The summed E-state index contributed by atoms with van der Waals surface area (Å²) < 4.78 is 22.8. The first kappa shape index (κ1) is 23.9. The van der Waals surface area contributed by atoms with Gasteiger partial charge in [0.25, 0.3) is 5.91 Å². The lowest BCUT2D eigenvalue weighted by Gasteiger charge is -2.15. The van der Waals surface area contributed by atoms with E-state index in [-0.39, 0.29) is 23.5 Å². The fourth-order valence-electron chi connectivity index (χ4n) is 4.01. The standard InChI is InChI=1S/C28H27NO6/c1-16-12-18(3)25-23(13-16)35-27(19-10-11-21(32-4)22(14-19)33-5)28(26(25)31)34-15-24(30)29-20-9-7-6-8-17(20)2/h6-14H,15H2,1-5H3,(H,29,30). The van der Waals surface area contributed by atoms with Gasteiger partial charge in [-0.3, -0.25) is 9.59 Å². The zero-order valence-corrected chi connectivity index (χ0v) is 20.4. The van der Waals surface area contributed by atoms with Crippen LogP contribution in [0.3, 0.4) is 0 Å². The van der Waals surface area contributed by atoms with Crippen LogP contribution in [0.15, 0.2) is 63.8 Å². The maximum Gasteiger partial charge on any atom is 0.262 e. The molecule has 0 fully saturated rings. The summed E-state index contributed by atoms with van der Waals surface area (Å²) in [5.74, 6) is 0.772. The molecule has 4 rings (SSSR count). The molecule has 1 heterocycles. The molecule has 0 atom stereocenters. The molecule has 35 heavy (non-hydrogen) atoms. The average molecular weight is 474 g/mol. The first-order valence-corrected chi connectivity index (χ1v) is 11.1. The first-order valence-electron chi connectivity index (χ1n) is 11.1.